The summed E-state index contributed by atoms with van der Waals surface area (Å²) in [6.07, 6.45) is -0.0489. The molecule has 5 nitrogen and oxygen atoms in total. The average Bonchev–Trinajstić information content (AvgIpc) is 2.84. The Bertz CT molecular complexity index is 636. The number of hydrogen-bond acceptors (Lipinski definition) is 4. The zero-order valence-corrected chi connectivity index (χ0v) is 12.2. The Hall–Kier alpha value is -1.95. The standard InChI is InChI=1S/C14H16N2O3S/c1-9(2)16(6-5-13(17)18)14(19)10-3-4-11-12(7-10)20-8-15-11/h3-4,7-9H,5-6H2,1-2H3,(H,17,18). The van der Waals surface area contributed by atoms with Gasteiger partial charge in [0.1, 0.15) is 0 Å². The van der Waals surface area contributed by atoms with Crippen molar-refractivity contribution in [3.8, 4) is 0 Å². The van der Waals surface area contributed by atoms with Gasteiger partial charge in [-0.05, 0) is 32.0 Å². The number of carbonyl (C=O) groups is 2. The van der Waals surface area contributed by atoms with E-state index in [1.165, 1.54) is 11.3 Å². The molecular formula is C14H16N2O3S. The molecule has 0 unspecified atom stereocenters. The number of thiazole rings is 1. The highest BCUT2D eigenvalue weighted by molar-refractivity contribution is 7.16. The smallest absolute Gasteiger partial charge is 0.305 e. The lowest BCUT2D eigenvalue weighted by molar-refractivity contribution is -0.137. The van der Waals surface area contributed by atoms with Crippen LogP contribution in [-0.2, 0) is 4.79 Å². The van der Waals surface area contributed by atoms with Crippen LogP contribution in [0, 0.1) is 0 Å². The summed E-state index contributed by atoms with van der Waals surface area (Å²) in [6, 6.07) is 5.32. The van der Waals surface area contributed by atoms with E-state index in [0.717, 1.165) is 10.2 Å². The quantitative estimate of drug-likeness (QED) is 0.919. The Morgan fingerprint density at radius 3 is 2.80 bits per heavy atom. The van der Waals surface area contributed by atoms with Crippen LogP contribution in [0.15, 0.2) is 23.7 Å². The second-order valence-corrected chi connectivity index (χ2v) is 5.66. The van der Waals surface area contributed by atoms with Crippen LogP contribution in [0.1, 0.15) is 30.6 Å². The number of amides is 1. The van der Waals surface area contributed by atoms with Crippen molar-refractivity contribution in [2.75, 3.05) is 6.54 Å². The van der Waals surface area contributed by atoms with Gasteiger partial charge in [0, 0.05) is 18.2 Å². The van der Waals surface area contributed by atoms with E-state index in [4.69, 9.17) is 5.11 Å². The molecular weight excluding hydrogens is 276 g/mol. The van der Waals surface area contributed by atoms with E-state index >= 15 is 0 Å². The average molecular weight is 292 g/mol. The fourth-order valence-electron chi connectivity index (χ4n) is 1.96. The Morgan fingerprint density at radius 1 is 1.40 bits per heavy atom. The third-order valence-electron chi connectivity index (χ3n) is 3.03. The molecule has 2 aromatic rings. The summed E-state index contributed by atoms with van der Waals surface area (Å²) in [4.78, 5) is 28.9. The molecule has 106 valence electrons. The number of nitrogens with zero attached hydrogens (tertiary/aromatic N) is 2. The number of aromatic nitrogens is 1. The van der Waals surface area contributed by atoms with Gasteiger partial charge in [0.05, 0.1) is 22.1 Å². The van der Waals surface area contributed by atoms with Gasteiger partial charge in [-0.3, -0.25) is 9.59 Å². The third-order valence-corrected chi connectivity index (χ3v) is 3.82. The molecule has 0 aliphatic carbocycles. The maximum absolute atomic E-state index is 12.5. The fraction of sp³-hybridized carbons (Fsp3) is 0.357. The molecule has 0 radical (unpaired) electrons. The first-order valence-electron chi connectivity index (χ1n) is 6.35. The highest BCUT2D eigenvalue weighted by Gasteiger charge is 2.20. The monoisotopic (exact) mass is 292 g/mol. The molecule has 1 heterocycles. The number of carboxylic acid groups (broad SMARTS) is 1. The molecule has 0 bridgehead atoms. The first-order valence-corrected chi connectivity index (χ1v) is 7.23. The number of aliphatic carboxylic acids is 1. The summed E-state index contributed by atoms with van der Waals surface area (Å²) < 4.78 is 0.956. The molecule has 0 spiro atoms. The second kappa shape index (κ2) is 6.00. The Morgan fingerprint density at radius 2 is 2.15 bits per heavy atom. The topological polar surface area (TPSA) is 70.5 Å². The Kier molecular flexibility index (Phi) is 4.34. The van der Waals surface area contributed by atoms with Gasteiger partial charge >= 0.3 is 5.97 Å². The molecule has 1 amide bonds. The van der Waals surface area contributed by atoms with E-state index in [9.17, 15) is 9.59 Å². The lowest BCUT2D eigenvalue weighted by Gasteiger charge is -2.26. The van der Waals surface area contributed by atoms with Crippen LogP contribution in [0.4, 0.5) is 0 Å². The molecule has 0 aliphatic rings. The van der Waals surface area contributed by atoms with Crippen molar-refractivity contribution in [1.29, 1.82) is 0 Å². The van der Waals surface area contributed by atoms with Crippen LogP contribution in [0.25, 0.3) is 10.2 Å². The molecule has 6 heteroatoms. The maximum Gasteiger partial charge on any atom is 0.305 e. The first kappa shape index (κ1) is 14.5. The summed E-state index contributed by atoms with van der Waals surface area (Å²) >= 11 is 1.48. The molecule has 0 aliphatic heterocycles. The summed E-state index contributed by atoms with van der Waals surface area (Å²) in [5.74, 6) is -1.04. The van der Waals surface area contributed by atoms with E-state index in [0.29, 0.717) is 5.56 Å². The second-order valence-electron chi connectivity index (χ2n) is 4.77. The Balaban J connectivity index is 2.23. The van der Waals surface area contributed by atoms with E-state index in [-0.39, 0.29) is 24.9 Å². The van der Waals surface area contributed by atoms with Crippen LogP contribution in [0.5, 0.6) is 0 Å². The van der Waals surface area contributed by atoms with Crippen molar-refractivity contribution in [3.63, 3.8) is 0 Å². The van der Waals surface area contributed by atoms with Gasteiger partial charge in [-0.1, -0.05) is 0 Å². The van der Waals surface area contributed by atoms with Gasteiger partial charge in [0.25, 0.3) is 5.91 Å². The Labute approximate surface area is 120 Å². The van der Waals surface area contributed by atoms with Gasteiger partial charge in [0.2, 0.25) is 0 Å². The SMILES string of the molecule is CC(C)N(CCC(=O)O)C(=O)c1ccc2ncsc2c1. The van der Waals surface area contributed by atoms with Crippen molar-refractivity contribution >= 4 is 33.4 Å². The number of carboxylic acids is 1. The predicted molar refractivity (Wildman–Crippen MR) is 78.0 cm³/mol. The molecule has 2 rings (SSSR count). The minimum absolute atomic E-state index is 0.0426. The van der Waals surface area contributed by atoms with Crippen molar-refractivity contribution in [3.05, 3.63) is 29.3 Å². The van der Waals surface area contributed by atoms with Crippen LogP contribution in [-0.4, -0.2) is 39.5 Å². The third kappa shape index (κ3) is 3.14. The minimum atomic E-state index is -0.902. The van der Waals surface area contributed by atoms with E-state index in [1.807, 2.05) is 26.0 Å². The maximum atomic E-state index is 12.5. The highest BCUT2D eigenvalue weighted by Crippen LogP contribution is 2.20. The van der Waals surface area contributed by atoms with Gasteiger partial charge in [-0.2, -0.15) is 0 Å². The van der Waals surface area contributed by atoms with Crippen LogP contribution in [0.3, 0.4) is 0 Å². The molecule has 0 saturated heterocycles. The van der Waals surface area contributed by atoms with Crippen molar-refractivity contribution < 1.29 is 14.7 Å². The molecule has 1 aromatic carbocycles. The van der Waals surface area contributed by atoms with E-state index in [1.54, 1.807) is 16.5 Å². The molecule has 0 fully saturated rings. The van der Waals surface area contributed by atoms with Crippen LogP contribution >= 0.6 is 11.3 Å². The molecule has 1 aromatic heterocycles. The molecule has 0 atom stereocenters. The molecule has 0 saturated carbocycles. The van der Waals surface area contributed by atoms with E-state index < -0.39 is 5.97 Å². The summed E-state index contributed by atoms with van der Waals surface area (Å²) in [6.45, 7) is 3.97. The molecule has 20 heavy (non-hydrogen) atoms. The highest BCUT2D eigenvalue weighted by atomic mass is 32.1. The van der Waals surface area contributed by atoms with Gasteiger partial charge in [-0.15, -0.1) is 11.3 Å². The zero-order valence-electron chi connectivity index (χ0n) is 11.4. The summed E-state index contributed by atoms with van der Waals surface area (Å²) in [5.41, 5.74) is 3.18. The van der Waals surface area contributed by atoms with E-state index in [2.05, 4.69) is 4.98 Å². The van der Waals surface area contributed by atoms with Gasteiger partial charge < -0.3 is 10.0 Å². The van der Waals surface area contributed by atoms with Gasteiger partial charge in [-0.25, -0.2) is 4.98 Å². The van der Waals surface area contributed by atoms with Gasteiger partial charge in [0.15, 0.2) is 0 Å². The lowest BCUT2D eigenvalue weighted by Crippen LogP contribution is -2.38. The number of hydrogen-bond donors (Lipinski definition) is 1. The first-order chi connectivity index (χ1) is 9.49. The minimum Gasteiger partial charge on any atom is -0.481 e. The van der Waals surface area contributed by atoms with Crippen LogP contribution < -0.4 is 0 Å². The number of benzene rings is 1. The fourth-order valence-corrected chi connectivity index (χ4v) is 2.68. The van der Waals surface area contributed by atoms with Crippen molar-refractivity contribution in [1.82, 2.24) is 9.88 Å². The molecule has 1 N–H and O–H groups in total. The largest absolute Gasteiger partial charge is 0.481 e. The van der Waals surface area contributed by atoms with Crippen LogP contribution in [0.2, 0.25) is 0 Å². The number of carbonyl (C=O) groups excluding carboxylic acids is 1. The number of fused-ring (bicyclic) bond motifs is 1. The summed E-state index contributed by atoms with van der Waals surface area (Å²) in [5, 5.41) is 8.77. The summed E-state index contributed by atoms with van der Waals surface area (Å²) in [7, 11) is 0. The number of rotatable bonds is 5. The predicted octanol–water partition coefficient (Wildman–Crippen LogP) is 2.62. The van der Waals surface area contributed by atoms with Crippen molar-refractivity contribution in [2.45, 2.75) is 26.3 Å². The lowest BCUT2D eigenvalue weighted by atomic mass is 10.1. The van der Waals surface area contributed by atoms with Crippen molar-refractivity contribution in [2.24, 2.45) is 0 Å². The normalized spacial score (nSPS) is 10.9. The zero-order chi connectivity index (χ0) is 14.7.